The van der Waals surface area contributed by atoms with Gasteiger partial charge in [-0.15, -0.1) is 0 Å². The number of rotatable bonds is 3. The molecule has 7 heteroatoms. The highest BCUT2D eigenvalue weighted by Crippen LogP contribution is 2.43. The Hall–Kier alpha value is -1.08. The molecule has 2 aliphatic heterocycles. The Morgan fingerprint density at radius 1 is 1.14 bits per heavy atom. The second-order valence-electron chi connectivity index (χ2n) is 10.6. The van der Waals surface area contributed by atoms with Crippen molar-refractivity contribution in [2.24, 2.45) is 5.41 Å². The molecule has 3 fully saturated rings. The van der Waals surface area contributed by atoms with E-state index >= 15 is 0 Å². The van der Waals surface area contributed by atoms with Crippen LogP contribution in [0, 0.1) is 5.41 Å². The lowest BCUT2D eigenvalue weighted by Gasteiger charge is -2.43. The van der Waals surface area contributed by atoms with E-state index in [0.717, 1.165) is 51.5 Å². The molecular formula is C21H38N2O4Si. The molecule has 1 N–H and O–H groups in total. The molecule has 2 saturated heterocycles. The van der Waals surface area contributed by atoms with Crippen LogP contribution in [0.2, 0.25) is 18.1 Å². The number of carboxylic acid groups (broad SMARTS) is 1. The van der Waals surface area contributed by atoms with Crippen LogP contribution in [0.15, 0.2) is 0 Å². The normalized spacial score (nSPS) is 32.2. The van der Waals surface area contributed by atoms with E-state index in [1.807, 2.05) is 0 Å². The van der Waals surface area contributed by atoms with Crippen molar-refractivity contribution in [1.29, 1.82) is 0 Å². The lowest BCUT2D eigenvalue weighted by Crippen LogP contribution is -2.51. The van der Waals surface area contributed by atoms with Gasteiger partial charge >= 0.3 is 6.09 Å². The average molecular weight is 411 g/mol. The third-order valence-corrected chi connectivity index (χ3v) is 12.3. The Labute approximate surface area is 170 Å². The Morgan fingerprint density at radius 2 is 1.79 bits per heavy atom. The van der Waals surface area contributed by atoms with Crippen LogP contribution in [0.1, 0.15) is 65.7 Å². The molecule has 6 nitrogen and oxygen atoms in total. The SMILES string of the molecule is CC(C)(C)[Si](C)(C)OC1CCC(N2CCC3(CCCN(C(=O)O)C3)C2=O)CC1. The molecule has 1 atom stereocenters. The van der Waals surface area contributed by atoms with Crippen LogP contribution in [-0.4, -0.2) is 67.0 Å². The van der Waals surface area contributed by atoms with Crippen LogP contribution in [0.25, 0.3) is 0 Å². The number of carbonyl (C=O) groups is 2. The fraction of sp³-hybridized carbons (Fsp3) is 0.905. The smallest absolute Gasteiger partial charge is 0.407 e. The van der Waals surface area contributed by atoms with Crippen molar-refractivity contribution in [2.45, 2.75) is 96.0 Å². The molecule has 3 aliphatic rings. The van der Waals surface area contributed by atoms with Crippen LogP contribution >= 0.6 is 0 Å². The number of amides is 2. The molecule has 1 unspecified atom stereocenters. The van der Waals surface area contributed by atoms with E-state index in [1.54, 1.807) is 0 Å². The van der Waals surface area contributed by atoms with Crippen molar-refractivity contribution >= 4 is 20.3 Å². The molecule has 3 rings (SSSR count). The van der Waals surface area contributed by atoms with Gasteiger partial charge in [0.2, 0.25) is 5.91 Å². The predicted octanol–water partition coefficient (Wildman–Crippen LogP) is 4.31. The highest BCUT2D eigenvalue weighted by molar-refractivity contribution is 6.74. The fourth-order valence-electron chi connectivity index (χ4n) is 4.94. The van der Waals surface area contributed by atoms with Crippen molar-refractivity contribution in [3.63, 3.8) is 0 Å². The van der Waals surface area contributed by atoms with E-state index in [4.69, 9.17) is 4.43 Å². The molecule has 2 amide bonds. The van der Waals surface area contributed by atoms with E-state index in [9.17, 15) is 14.7 Å². The van der Waals surface area contributed by atoms with E-state index in [2.05, 4.69) is 38.8 Å². The van der Waals surface area contributed by atoms with Gasteiger partial charge in [0.05, 0.1) is 5.41 Å². The van der Waals surface area contributed by atoms with Crippen LogP contribution in [0.4, 0.5) is 4.79 Å². The third kappa shape index (κ3) is 4.11. The van der Waals surface area contributed by atoms with Crippen molar-refractivity contribution in [3.8, 4) is 0 Å². The molecule has 0 bridgehead atoms. The highest BCUT2D eigenvalue weighted by atomic mass is 28.4. The van der Waals surface area contributed by atoms with Gasteiger partial charge in [-0.25, -0.2) is 4.79 Å². The van der Waals surface area contributed by atoms with Crippen molar-refractivity contribution in [1.82, 2.24) is 9.80 Å². The maximum atomic E-state index is 13.3. The van der Waals surface area contributed by atoms with Gasteiger partial charge in [-0.2, -0.15) is 0 Å². The van der Waals surface area contributed by atoms with Gasteiger partial charge < -0.3 is 19.3 Å². The minimum Gasteiger partial charge on any atom is -0.465 e. The molecule has 28 heavy (non-hydrogen) atoms. The summed E-state index contributed by atoms with van der Waals surface area (Å²) in [6.07, 6.45) is 5.90. The average Bonchev–Trinajstić information content (AvgIpc) is 2.91. The predicted molar refractivity (Wildman–Crippen MR) is 112 cm³/mol. The van der Waals surface area contributed by atoms with Gasteiger partial charge in [0, 0.05) is 31.8 Å². The Morgan fingerprint density at radius 3 is 2.36 bits per heavy atom. The molecule has 1 aliphatic carbocycles. The van der Waals surface area contributed by atoms with Crippen molar-refractivity contribution in [3.05, 3.63) is 0 Å². The standard InChI is InChI=1S/C21H38N2O4Si/c1-20(2,3)28(4,5)27-17-9-7-16(8-10-17)23-14-12-21(18(23)24)11-6-13-22(15-21)19(25)26/h16-17H,6-15H2,1-5H3,(H,25,26). The summed E-state index contributed by atoms with van der Waals surface area (Å²) in [5.41, 5.74) is -0.467. The Bertz CT molecular complexity index is 610. The Kier molecular flexibility index (Phi) is 5.89. The summed E-state index contributed by atoms with van der Waals surface area (Å²) in [6, 6.07) is 0.298. The summed E-state index contributed by atoms with van der Waals surface area (Å²) in [4.78, 5) is 28.2. The first-order valence-corrected chi connectivity index (χ1v) is 13.8. The number of hydrogen-bond acceptors (Lipinski definition) is 3. The van der Waals surface area contributed by atoms with Gasteiger partial charge in [0.25, 0.3) is 0 Å². The third-order valence-electron chi connectivity index (χ3n) is 7.75. The first-order chi connectivity index (χ1) is 13.0. The van der Waals surface area contributed by atoms with Gasteiger partial charge in [-0.05, 0) is 63.1 Å². The zero-order valence-electron chi connectivity index (χ0n) is 18.3. The van der Waals surface area contributed by atoms with Crippen molar-refractivity contribution in [2.75, 3.05) is 19.6 Å². The lowest BCUT2D eigenvalue weighted by molar-refractivity contribution is -0.141. The molecule has 1 saturated carbocycles. The van der Waals surface area contributed by atoms with Crippen LogP contribution in [-0.2, 0) is 9.22 Å². The summed E-state index contributed by atoms with van der Waals surface area (Å²) in [5.74, 6) is 0.201. The zero-order valence-corrected chi connectivity index (χ0v) is 19.3. The lowest BCUT2D eigenvalue weighted by atomic mass is 9.78. The fourth-order valence-corrected chi connectivity index (χ4v) is 6.36. The van der Waals surface area contributed by atoms with Gasteiger partial charge in [-0.3, -0.25) is 4.79 Å². The van der Waals surface area contributed by atoms with Crippen LogP contribution < -0.4 is 0 Å². The highest BCUT2D eigenvalue weighted by Gasteiger charge is 2.51. The number of hydrogen-bond donors (Lipinski definition) is 1. The van der Waals surface area contributed by atoms with Gasteiger partial charge in [0.1, 0.15) is 0 Å². The minimum atomic E-state index is -1.75. The molecule has 0 radical (unpaired) electrons. The Balaban J connectivity index is 1.57. The largest absolute Gasteiger partial charge is 0.465 e. The number of carbonyl (C=O) groups excluding carboxylic acids is 1. The molecule has 0 aromatic heterocycles. The number of nitrogens with zero attached hydrogens (tertiary/aromatic N) is 2. The summed E-state index contributed by atoms with van der Waals surface area (Å²) in [5, 5.41) is 9.57. The summed E-state index contributed by atoms with van der Waals surface area (Å²) >= 11 is 0. The number of likely N-dealkylation sites (tertiary alicyclic amines) is 2. The number of piperidine rings is 1. The molecule has 0 aromatic rings. The second-order valence-corrected chi connectivity index (χ2v) is 15.4. The van der Waals surface area contributed by atoms with Crippen molar-refractivity contribution < 1.29 is 19.1 Å². The van der Waals surface area contributed by atoms with E-state index in [1.165, 1.54) is 4.90 Å². The summed E-state index contributed by atoms with van der Waals surface area (Å²) in [6.45, 7) is 13.2. The van der Waals surface area contributed by atoms with Gasteiger partial charge in [-0.1, -0.05) is 20.8 Å². The second kappa shape index (κ2) is 7.63. The molecular weight excluding hydrogens is 372 g/mol. The molecule has 2 heterocycles. The maximum Gasteiger partial charge on any atom is 0.407 e. The first kappa shape index (κ1) is 21.6. The van der Waals surface area contributed by atoms with Gasteiger partial charge in [0.15, 0.2) is 8.32 Å². The summed E-state index contributed by atoms with van der Waals surface area (Å²) < 4.78 is 6.59. The minimum absolute atomic E-state index is 0.201. The molecule has 160 valence electrons. The molecule has 0 aromatic carbocycles. The monoisotopic (exact) mass is 410 g/mol. The van der Waals surface area contributed by atoms with Crippen LogP contribution in [0.5, 0.6) is 0 Å². The van der Waals surface area contributed by atoms with E-state index < -0.39 is 19.8 Å². The van der Waals surface area contributed by atoms with Crippen LogP contribution in [0.3, 0.4) is 0 Å². The van der Waals surface area contributed by atoms with E-state index in [-0.39, 0.29) is 10.9 Å². The first-order valence-electron chi connectivity index (χ1n) is 10.9. The van der Waals surface area contributed by atoms with E-state index in [0.29, 0.717) is 25.2 Å². The topological polar surface area (TPSA) is 70.1 Å². The molecule has 1 spiro atoms. The quantitative estimate of drug-likeness (QED) is 0.704. The zero-order chi connectivity index (χ0) is 20.7. The maximum absolute atomic E-state index is 13.3. The summed E-state index contributed by atoms with van der Waals surface area (Å²) in [7, 11) is -1.75.